The van der Waals surface area contributed by atoms with E-state index in [1.54, 1.807) is 24.3 Å². The van der Waals surface area contributed by atoms with Gasteiger partial charge in [-0.05, 0) is 49.2 Å². The first-order valence-corrected chi connectivity index (χ1v) is 9.36. The molecule has 0 bridgehead atoms. The summed E-state index contributed by atoms with van der Waals surface area (Å²) < 4.78 is 16.0. The Morgan fingerprint density at radius 3 is 2.57 bits per heavy atom. The van der Waals surface area contributed by atoms with Gasteiger partial charge in [-0.15, -0.1) is 0 Å². The van der Waals surface area contributed by atoms with Crippen LogP contribution in [-0.4, -0.2) is 32.2 Å². The molecular weight excluding hydrogens is 382 g/mol. The Bertz CT molecular complexity index is 838. The number of aryl methyl sites for hydroxylation is 1. The lowest BCUT2D eigenvalue weighted by atomic mass is 10.2. The van der Waals surface area contributed by atoms with E-state index in [2.05, 4.69) is 12.2 Å². The first-order valence-electron chi connectivity index (χ1n) is 8.98. The van der Waals surface area contributed by atoms with Crippen molar-refractivity contribution in [2.75, 3.05) is 25.6 Å². The molecule has 0 aliphatic heterocycles. The fraction of sp³-hybridized carbons (Fsp3) is 0.333. The molecule has 0 fully saturated rings. The molecule has 7 heteroatoms. The van der Waals surface area contributed by atoms with Crippen molar-refractivity contribution in [1.29, 1.82) is 0 Å². The molecular formula is C21H24ClNO5. The molecule has 0 saturated carbocycles. The van der Waals surface area contributed by atoms with Crippen molar-refractivity contribution < 1.29 is 23.8 Å². The van der Waals surface area contributed by atoms with Gasteiger partial charge >= 0.3 is 5.97 Å². The van der Waals surface area contributed by atoms with Crippen LogP contribution in [0.15, 0.2) is 36.4 Å². The van der Waals surface area contributed by atoms with Gasteiger partial charge in [-0.2, -0.15) is 0 Å². The molecule has 1 N–H and O–H groups in total. The molecule has 0 aliphatic carbocycles. The van der Waals surface area contributed by atoms with Crippen LogP contribution < -0.4 is 14.8 Å². The lowest BCUT2D eigenvalue weighted by Gasteiger charge is -2.12. The zero-order valence-electron chi connectivity index (χ0n) is 16.2. The number of hydrogen-bond donors (Lipinski definition) is 1. The topological polar surface area (TPSA) is 73.9 Å². The predicted molar refractivity (Wildman–Crippen MR) is 108 cm³/mol. The molecule has 0 spiro atoms. The van der Waals surface area contributed by atoms with Crippen LogP contribution in [0.25, 0.3) is 0 Å². The monoisotopic (exact) mass is 405 g/mol. The quantitative estimate of drug-likeness (QED) is 0.486. The van der Waals surface area contributed by atoms with Gasteiger partial charge in [0.25, 0.3) is 5.91 Å². The van der Waals surface area contributed by atoms with Crippen LogP contribution in [-0.2, 0) is 9.53 Å². The Kier molecular flexibility index (Phi) is 8.14. The summed E-state index contributed by atoms with van der Waals surface area (Å²) >= 11 is 6.08. The molecule has 2 rings (SSSR count). The van der Waals surface area contributed by atoms with Gasteiger partial charge in [-0.1, -0.05) is 31.0 Å². The van der Waals surface area contributed by atoms with Gasteiger partial charge in [0.2, 0.25) is 0 Å². The maximum Gasteiger partial charge on any atom is 0.338 e. The van der Waals surface area contributed by atoms with E-state index in [1.165, 1.54) is 13.2 Å². The van der Waals surface area contributed by atoms with E-state index >= 15 is 0 Å². The van der Waals surface area contributed by atoms with Crippen LogP contribution >= 0.6 is 11.6 Å². The first kappa shape index (κ1) is 21.6. The van der Waals surface area contributed by atoms with Gasteiger partial charge in [0.1, 0.15) is 0 Å². The Labute approximate surface area is 169 Å². The fourth-order valence-corrected chi connectivity index (χ4v) is 2.64. The van der Waals surface area contributed by atoms with Gasteiger partial charge in [0.05, 0.1) is 30.0 Å². The average Bonchev–Trinajstić information content (AvgIpc) is 2.68. The number of benzene rings is 2. The van der Waals surface area contributed by atoms with Crippen molar-refractivity contribution in [1.82, 2.24) is 0 Å². The minimum Gasteiger partial charge on any atom is -0.493 e. The van der Waals surface area contributed by atoms with Gasteiger partial charge in [0.15, 0.2) is 18.1 Å². The Balaban J connectivity index is 1.93. The second kappa shape index (κ2) is 10.6. The van der Waals surface area contributed by atoms with E-state index in [0.29, 0.717) is 28.8 Å². The number of anilines is 1. The molecule has 150 valence electrons. The number of carbonyl (C=O) groups excluding carboxylic acids is 2. The number of carbonyl (C=O) groups is 2. The zero-order valence-corrected chi connectivity index (χ0v) is 17.0. The van der Waals surface area contributed by atoms with Crippen molar-refractivity contribution in [2.24, 2.45) is 0 Å². The maximum atomic E-state index is 12.2. The Morgan fingerprint density at radius 2 is 1.89 bits per heavy atom. The molecule has 6 nitrogen and oxygen atoms in total. The minimum absolute atomic E-state index is 0.265. The number of halogens is 1. The summed E-state index contributed by atoms with van der Waals surface area (Å²) in [5, 5.41) is 3.03. The highest BCUT2D eigenvalue weighted by molar-refractivity contribution is 6.33. The molecule has 0 heterocycles. The second-order valence-corrected chi connectivity index (χ2v) is 6.58. The van der Waals surface area contributed by atoms with E-state index in [0.717, 1.165) is 18.4 Å². The smallest absolute Gasteiger partial charge is 0.338 e. The first-order chi connectivity index (χ1) is 13.4. The van der Waals surface area contributed by atoms with Crippen LogP contribution in [0.1, 0.15) is 35.7 Å². The van der Waals surface area contributed by atoms with Crippen molar-refractivity contribution in [3.63, 3.8) is 0 Å². The highest BCUT2D eigenvalue weighted by atomic mass is 35.5. The third kappa shape index (κ3) is 6.16. The number of rotatable bonds is 9. The fourth-order valence-electron chi connectivity index (χ4n) is 2.36. The van der Waals surface area contributed by atoms with E-state index in [1.807, 2.05) is 13.0 Å². The average molecular weight is 406 g/mol. The molecule has 0 radical (unpaired) electrons. The molecule has 0 atom stereocenters. The standard InChI is InChI=1S/C21H24ClNO5/c1-4-5-10-27-18-9-7-15(12-19(18)26-3)21(25)28-13-20(24)23-17-8-6-14(2)11-16(17)22/h6-9,11-12H,4-5,10,13H2,1-3H3,(H,23,24). The summed E-state index contributed by atoms with van der Waals surface area (Å²) in [6, 6.07) is 10.00. The van der Waals surface area contributed by atoms with E-state index in [-0.39, 0.29) is 5.56 Å². The summed E-state index contributed by atoms with van der Waals surface area (Å²) in [6.07, 6.45) is 1.94. The van der Waals surface area contributed by atoms with Crippen LogP contribution in [0.2, 0.25) is 5.02 Å². The van der Waals surface area contributed by atoms with Crippen LogP contribution in [0, 0.1) is 6.92 Å². The number of hydrogen-bond acceptors (Lipinski definition) is 5. The largest absolute Gasteiger partial charge is 0.493 e. The molecule has 0 aromatic heterocycles. The van der Waals surface area contributed by atoms with Gasteiger partial charge < -0.3 is 19.5 Å². The summed E-state index contributed by atoms with van der Waals surface area (Å²) in [6.45, 7) is 4.11. The molecule has 2 aromatic carbocycles. The molecule has 0 saturated heterocycles. The van der Waals surface area contributed by atoms with Crippen LogP contribution in [0.4, 0.5) is 5.69 Å². The number of ether oxygens (including phenoxy) is 3. The van der Waals surface area contributed by atoms with Gasteiger partial charge in [0, 0.05) is 0 Å². The summed E-state index contributed by atoms with van der Waals surface area (Å²) in [7, 11) is 1.50. The van der Waals surface area contributed by atoms with E-state index in [4.69, 9.17) is 25.8 Å². The molecule has 28 heavy (non-hydrogen) atoms. The highest BCUT2D eigenvalue weighted by Crippen LogP contribution is 2.28. The van der Waals surface area contributed by atoms with Crippen molar-refractivity contribution in [3.8, 4) is 11.5 Å². The molecule has 2 aromatic rings. The normalized spacial score (nSPS) is 10.3. The van der Waals surface area contributed by atoms with Crippen molar-refractivity contribution >= 4 is 29.2 Å². The number of nitrogens with one attached hydrogen (secondary N) is 1. The maximum absolute atomic E-state index is 12.2. The number of esters is 1. The highest BCUT2D eigenvalue weighted by Gasteiger charge is 2.14. The SMILES string of the molecule is CCCCOc1ccc(C(=O)OCC(=O)Nc2ccc(C)cc2Cl)cc1OC. The summed E-state index contributed by atoms with van der Waals surface area (Å²) in [4.78, 5) is 24.2. The van der Waals surface area contributed by atoms with Crippen molar-refractivity contribution in [3.05, 3.63) is 52.5 Å². The third-order valence-electron chi connectivity index (χ3n) is 3.89. The molecule has 0 unspecified atom stereocenters. The Morgan fingerprint density at radius 1 is 1.11 bits per heavy atom. The van der Waals surface area contributed by atoms with Crippen LogP contribution in [0.5, 0.6) is 11.5 Å². The predicted octanol–water partition coefficient (Wildman–Crippen LogP) is 4.63. The van der Waals surface area contributed by atoms with Crippen molar-refractivity contribution in [2.45, 2.75) is 26.7 Å². The van der Waals surface area contributed by atoms with Crippen LogP contribution in [0.3, 0.4) is 0 Å². The van der Waals surface area contributed by atoms with E-state index in [9.17, 15) is 9.59 Å². The minimum atomic E-state index is -0.636. The van der Waals surface area contributed by atoms with E-state index < -0.39 is 18.5 Å². The number of amides is 1. The molecule has 1 amide bonds. The lowest BCUT2D eigenvalue weighted by molar-refractivity contribution is -0.119. The number of methoxy groups -OCH3 is 1. The number of unbranched alkanes of at least 4 members (excludes halogenated alkanes) is 1. The summed E-state index contributed by atoms with van der Waals surface area (Å²) in [5.74, 6) is -0.130. The Hall–Kier alpha value is -2.73. The zero-order chi connectivity index (χ0) is 20.5. The van der Waals surface area contributed by atoms with Gasteiger partial charge in [-0.25, -0.2) is 4.79 Å². The second-order valence-electron chi connectivity index (χ2n) is 6.18. The summed E-state index contributed by atoms with van der Waals surface area (Å²) in [5.41, 5.74) is 1.70. The lowest BCUT2D eigenvalue weighted by Crippen LogP contribution is -2.21. The molecule has 0 aliphatic rings. The van der Waals surface area contributed by atoms with Gasteiger partial charge in [-0.3, -0.25) is 4.79 Å². The third-order valence-corrected chi connectivity index (χ3v) is 4.20.